The summed E-state index contributed by atoms with van der Waals surface area (Å²) in [7, 11) is -4.24. The third-order valence-electron chi connectivity index (χ3n) is 5.66. The second kappa shape index (κ2) is 11.2. The van der Waals surface area contributed by atoms with Crippen LogP contribution in [0.5, 0.6) is 17.5 Å². The fraction of sp³-hybridized carbons (Fsp3) is 0.241. The van der Waals surface area contributed by atoms with Gasteiger partial charge < -0.3 is 9.47 Å². The summed E-state index contributed by atoms with van der Waals surface area (Å²) in [6.45, 7) is 11.3. The summed E-state index contributed by atoms with van der Waals surface area (Å²) in [6.07, 6.45) is 1.59. The summed E-state index contributed by atoms with van der Waals surface area (Å²) >= 11 is 0. The van der Waals surface area contributed by atoms with Crippen LogP contribution in [0.4, 0.5) is 0 Å². The van der Waals surface area contributed by atoms with Gasteiger partial charge in [-0.1, -0.05) is 23.8 Å². The van der Waals surface area contributed by atoms with Crippen LogP contribution >= 0.6 is 0 Å². The second-order valence-electron chi connectivity index (χ2n) is 9.48. The molecule has 0 fully saturated rings. The van der Waals surface area contributed by atoms with E-state index in [4.69, 9.17) is 9.47 Å². The van der Waals surface area contributed by atoms with Gasteiger partial charge in [-0.2, -0.15) is 8.42 Å². The molecule has 4 aromatic rings. The molecule has 1 amide bonds. The lowest BCUT2D eigenvalue weighted by atomic mass is 10.1. The maximum atomic E-state index is 13.3. The van der Waals surface area contributed by atoms with Crippen molar-refractivity contribution in [3.8, 4) is 28.8 Å². The summed E-state index contributed by atoms with van der Waals surface area (Å²) in [4.78, 5) is 26.2. The Morgan fingerprint density at radius 2 is 1.64 bits per heavy atom. The Bertz CT molecular complexity index is 1610. The van der Waals surface area contributed by atoms with E-state index < -0.39 is 15.9 Å². The third kappa shape index (κ3) is 6.58. The number of benzene rings is 1. The lowest BCUT2D eigenvalue weighted by molar-refractivity contribution is 0.0978. The van der Waals surface area contributed by atoms with Crippen LogP contribution in [0.1, 0.15) is 46.6 Å². The van der Waals surface area contributed by atoms with E-state index in [2.05, 4.69) is 19.7 Å². The molecule has 0 bridgehead atoms. The number of hydrogen-bond donors (Lipinski definition) is 1. The normalized spacial score (nSPS) is 11.4. The Balaban J connectivity index is 1.74. The van der Waals surface area contributed by atoms with Gasteiger partial charge in [0.15, 0.2) is 5.03 Å². The van der Waals surface area contributed by atoms with E-state index in [1.54, 1.807) is 43.5 Å². The number of carbonyl (C=O) groups is 1. The van der Waals surface area contributed by atoms with Gasteiger partial charge in [0, 0.05) is 23.5 Å². The number of ether oxygens (including phenoxy) is 2. The van der Waals surface area contributed by atoms with E-state index in [9.17, 15) is 13.2 Å². The average molecular weight is 547 g/mol. The van der Waals surface area contributed by atoms with Gasteiger partial charge in [-0.05, 0) is 83.0 Å². The van der Waals surface area contributed by atoms with Gasteiger partial charge in [0.25, 0.3) is 15.9 Å². The largest absolute Gasteiger partial charge is 0.475 e. The number of aryl methyl sites for hydroxylation is 4. The molecule has 0 radical (unpaired) electrons. The van der Waals surface area contributed by atoms with Gasteiger partial charge in [-0.15, -0.1) is 0 Å². The highest BCUT2D eigenvalue weighted by molar-refractivity contribution is 7.90. The van der Waals surface area contributed by atoms with E-state index in [-0.39, 0.29) is 22.6 Å². The molecular weight excluding hydrogens is 516 g/mol. The molecule has 10 heteroatoms. The minimum absolute atomic E-state index is 0.0217. The molecule has 0 atom stereocenters. The van der Waals surface area contributed by atoms with Crippen molar-refractivity contribution in [3.05, 3.63) is 88.7 Å². The molecule has 0 aliphatic heterocycles. The zero-order valence-electron chi connectivity index (χ0n) is 22.6. The van der Waals surface area contributed by atoms with Crippen molar-refractivity contribution in [2.24, 2.45) is 0 Å². The molecule has 0 spiro atoms. The zero-order valence-corrected chi connectivity index (χ0v) is 23.5. The van der Waals surface area contributed by atoms with E-state index in [1.807, 2.05) is 46.8 Å². The summed E-state index contributed by atoms with van der Waals surface area (Å²) in [6, 6.07) is 15.1. The molecule has 0 aliphatic rings. The molecule has 4 rings (SSSR count). The topological polar surface area (TPSA) is 120 Å². The Kier molecular flexibility index (Phi) is 7.96. The molecule has 39 heavy (non-hydrogen) atoms. The van der Waals surface area contributed by atoms with Crippen LogP contribution in [0.3, 0.4) is 0 Å². The van der Waals surface area contributed by atoms with Crippen molar-refractivity contribution in [3.63, 3.8) is 0 Å². The summed E-state index contributed by atoms with van der Waals surface area (Å²) < 4.78 is 39.7. The molecule has 0 saturated heterocycles. The molecule has 3 aromatic heterocycles. The number of nitrogens with zero attached hydrogens (tertiary/aromatic N) is 3. The van der Waals surface area contributed by atoms with Crippen LogP contribution in [0.2, 0.25) is 0 Å². The first-order valence-electron chi connectivity index (χ1n) is 12.3. The number of sulfonamides is 1. The SMILES string of the molecule is Cc1cc(C)c(Oc2nc(-c3ccc(OC(C)C)nc3)ccc2C(=O)NS(=O)(=O)c2cccc(C)n2)c(C)c1. The van der Waals surface area contributed by atoms with Crippen molar-refractivity contribution in [2.75, 3.05) is 0 Å². The number of amides is 1. The molecule has 202 valence electrons. The van der Waals surface area contributed by atoms with E-state index in [1.165, 1.54) is 12.1 Å². The number of aromatic nitrogens is 3. The second-order valence-corrected chi connectivity index (χ2v) is 11.1. The number of nitrogens with one attached hydrogen (secondary N) is 1. The van der Waals surface area contributed by atoms with Crippen molar-refractivity contribution in [2.45, 2.75) is 52.7 Å². The minimum atomic E-state index is -4.24. The van der Waals surface area contributed by atoms with E-state index in [0.29, 0.717) is 28.6 Å². The molecule has 0 saturated carbocycles. The fourth-order valence-corrected chi connectivity index (χ4v) is 5.00. The van der Waals surface area contributed by atoms with Gasteiger partial charge in [-0.3, -0.25) is 4.79 Å². The standard InChI is InChI=1S/C29H30N4O5S/c1-17(2)37-25-13-10-22(16-30-25)24-12-11-23(28(34)33-39(35,36)26-9-7-8-21(6)31-26)29(32-24)38-27-19(4)14-18(3)15-20(27)5/h7-17H,1-6H3,(H,33,34). The summed E-state index contributed by atoms with van der Waals surface area (Å²) in [5, 5.41) is -0.261. The lowest BCUT2D eigenvalue weighted by Crippen LogP contribution is -2.31. The van der Waals surface area contributed by atoms with Gasteiger partial charge in [0.05, 0.1) is 11.8 Å². The van der Waals surface area contributed by atoms with Crippen molar-refractivity contribution >= 4 is 15.9 Å². The maximum Gasteiger partial charge on any atom is 0.281 e. The lowest BCUT2D eigenvalue weighted by Gasteiger charge is -2.16. The molecular formula is C29H30N4O5S. The molecule has 3 heterocycles. The monoisotopic (exact) mass is 546 g/mol. The van der Waals surface area contributed by atoms with Crippen LogP contribution in [-0.4, -0.2) is 35.4 Å². The predicted octanol–water partition coefficient (Wildman–Crippen LogP) is 5.47. The van der Waals surface area contributed by atoms with Crippen molar-refractivity contribution < 1.29 is 22.7 Å². The van der Waals surface area contributed by atoms with Gasteiger partial charge >= 0.3 is 0 Å². The number of rotatable bonds is 8. The average Bonchev–Trinajstić information content (AvgIpc) is 2.86. The molecule has 0 aliphatic carbocycles. The Morgan fingerprint density at radius 3 is 2.26 bits per heavy atom. The number of pyridine rings is 3. The molecule has 9 nitrogen and oxygen atoms in total. The fourth-order valence-electron chi connectivity index (χ4n) is 4.02. The molecule has 1 N–H and O–H groups in total. The van der Waals surface area contributed by atoms with Crippen LogP contribution in [0.15, 0.2) is 65.8 Å². The highest BCUT2D eigenvalue weighted by Crippen LogP contribution is 2.32. The van der Waals surface area contributed by atoms with E-state index >= 15 is 0 Å². The number of carbonyl (C=O) groups excluding carboxylic acids is 1. The summed E-state index contributed by atoms with van der Waals surface area (Å²) in [5.41, 5.74) is 4.35. The van der Waals surface area contributed by atoms with Crippen molar-refractivity contribution in [1.29, 1.82) is 0 Å². The van der Waals surface area contributed by atoms with Gasteiger partial charge in [0.2, 0.25) is 11.8 Å². The number of hydrogen-bond acceptors (Lipinski definition) is 8. The maximum absolute atomic E-state index is 13.3. The van der Waals surface area contributed by atoms with Crippen LogP contribution < -0.4 is 14.2 Å². The highest BCUT2D eigenvalue weighted by Gasteiger charge is 2.25. The predicted molar refractivity (Wildman–Crippen MR) is 148 cm³/mol. The Labute approximate surface area is 228 Å². The van der Waals surface area contributed by atoms with E-state index in [0.717, 1.165) is 16.7 Å². The van der Waals surface area contributed by atoms with Gasteiger partial charge in [-0.25, -0.2) is 19.7 Å². The Hall–Kier alpha value is -4.31. The highest BCUT2D eigenvalue weighted by atomic mass is 32.2. The first kappa shape index (κ1) is 27.7. The van der Waals surface area contributed by atoms with Crippen molar-refractivity contribution in [1.82, 2.24) is 19.7 Å². The minimum Gasteiger partial charge on any atom is -0.475 e. The van der Waals surface area contributed by atoms with Crippen LogP contribution in [0, 0.1) is 27.7 Å². The summed E-state index contributed by atoms with van der Waals surface area (Å²) in [5.74, 6) is 0.0620. The Morgan fingerprint density at radius 1 is 0.923 bits per heavy atom. The quantitative estimate of drug-likeness (QED) is 0.309. The van der Waals surface area contributed by atoms with Crippen LogP contribution in [0.25, 0.3) is 11.3 Å². The first-order valence-corrected chi connectivity index (χ1v) is 13.8. The molecule has 1 aromatic carbocycles. The van der Waals surface area contributed by atoms with Gasteiger partial charge in [0.1, 0.15) is 11.3 Å². The smallest absolute Gasteiger partial charge is 0.281 e. The first-order chi connectivity index (χ1) is 18.4. The zero-order chi connectivity index (χ0) is 28.3. The molecule has 0 unspecified atom stereocenters. The van der Waals surface area contributed by atoms with Crippen LogP contribution in [-0.2, 0) is 10.0 Å². The third-order valence-corrected chi connectivity index (χ3v) is 6.89.